The molecule has 0 N–H and O–H groups in total. The molecule has 0 bridgehead atoms. The van der Waals surface area contributed by atoms with Crippen molar-refractivity contribution in [3.05, 3.63) is 71.3 Å². The van der Waals surface area contributed by atoms with Crippen LogP contribution in [0.15, 0.2) is 54.6 Å². The molecule has 1 aliphatic heterocycles. The van der Waals surface area contributed by atoms with Gasteiger partial charge in [-0.25, -0.2) is 0 Å². The van der Waals surface area contributed by atoms with Crippen LogP contribution in [0.4, 0.5) is 0 Å². The van der Waals surface area contributed by atoms with Crippen LogP contribution < -0.4 is 0 Å². The van der Waals surface area contributed by atoms with Crippen molar-refractivity contribution in [1.29, 1.82) is 0 Å². The highest BCUT2D eigenvalue weighted by Gasteiger charge is 2.14. The first kappa shape index (κ1) is 19.1. The van der Waals surface area contributed by atoms with Gasteiger partial charge in [-0.15, -0.1) is 0 Å². The summed E-state index contributed by atoms with van der Waals surface area (Å²) in [5, 5.41) is 0. The fraction of sp³-hybridized carbons (Fsp3) is 0.500. The Hall–Kier alpha value is -1.64. The standard InChI is InChI=1S/C24H34N2/c1-21(2)17-23-11-8-12-24(18-23)20-26(16-15-25-13-6-7-14-25)19-22-9-4-3-5-10-22/h3-5,8-12,18,21H,6-7,13-17,19-20H2,1-2H3. The summed E-state index contributed by atoms with van der Waals surface area (Å²) >= 11 is 0. The summed E-state index contributed by atoms with van der Waals surface area (Å²) < 4.78 is 0. The minimum atomic E-state index is 0.709. The van der Waals surface area contributed by atoms with Crippen LogP contribution >= 0.6 is 0 Å². The second-order valence-electron chi connectivity index (χ2n) is 8.16. The van der Waals surface area contributed by atoms with Gasteiger partial charge < -0.3 is 4.90 Å². The molecular weight excluding hydrogens is 316 g/mol. The summed E-state index contributed by atoms with van der Waals surface area (Å²) in [7, 11) is 0. The lowest BCUT2D eigenvalue weighted by molar-refractivity contribution is 0.212. The van der Waals surface area contributed by atoms with Gasteiger partial charge in [0.05, 0.1) is 0 Å². The Morgan fingerprint density at radius 2 is 1.50 bits per heavy atom. The highest BCUT2D eigenvalue weighted by Crippen LogP contribution is 2.15. The van der Waals surface area contributed by atoms with Gasteiger partial charge in [0.1, 0.15) is 0 Å². The smallest absolute Gasteiger partial charge is 0.0237 e. The minimum Gasteiger partial charge on any atom is -0.302 e. The van der Waals surface area contributed by atoms with Crippen LogP contribution in [0.25, 0.3) is 0 Å². The van der Waals surface area contributed by atoms with E-state index in [1.54, 1.807) is 0 Å². The minimum absolute atomic E-state index is 0.709. The molecule has 0 saturated carbocycles. The molecule has 0 atom stereocenters. The Labute approximate surface area is 159 Å². The quantitative estimate of drug-likeness (QED) is 0.629. The Balaban J connectivity index is 1.65. The van der Waals surface area contributed by atoms with E-state index in [-0.39, 0.29) is 0 Å². The number of benzene rings is 2. The number of rotatable bonds is 9. The lowest BCUT2D eigenvalue weighted by Gasteiger charge is -2.26. The van der Waals surface area contributed by atoms with Gasteiger partial charge in [-0.2, -0.15) is 0 Å². The number of likely N-dealkylation sites (tertiary alicyclic amines) is 1. The maximum Gasteiger partial charge on any atom is 0.0237 e. The maximum atomic E-state index is 2.62. The SMILES string of the molecule is CC(C)Cc1cccc(CN(CCN2CCCC2)Cc2ccccc2)c1. The van der Waals surface area contributed by atoms with Crippen molar-refractivity contribution in [3.8, 4) is 0 Å². The average molecular weight is 351 g/mol. The van der Waals surface area contributed by atoms with Crippen molar-refractivity contribution < 1.29 is 0 Å². The van der Waals surface area contributed by atoms with E-state index >= 15 is 0 Å². The molecule has 2 aromatic rings. The van der Waals surface area contributed by atoms with Crippen LogP contribution in [0, 0.1) is 5.92 Å². The maximum absolute atomic E-state index is 2.62. The number of hydrogen-bond donors (Lipinski definition) is 0. The number of nitrogens with zero attached hydrogens (tertiary/aromatic N) is 2. The summed E-state index contributed by atoms with van der Waals surface area (Å²) in [4.78, 5) is 5.23. The zero-order chi connectivity index (χ0) is 18.2. The molecule has 0 unspecified atom stereocenters. The third-order valence-corrected chi connectivity index (χ3v) is 5.22. The van der Waals surface area contributed by atoms with Crippen molar-refractivity contribution in [2.24, 2.45) is 5.92 Å². The summed E-state index contributed by atoms with van der Waals surface area (Å²) in [6.07, 6.45) is 3.91. The zero-order valence-electron chi connectivity index (χ0n) is 16.5. The molecule has 26 heavy (non-hydrogen) atoms. The van der Waals surface area contributed by atoms with Gasteiger partial charge in [0.15, 0.2) is 0 Å². The van der Waals surface area contributed by atoms with Crippen LogP contribution in [0.5, 0.6) is 0 Å². The van der Waals surface area contributed by atoms with Crippen LogP contribution in [0.1, 0.15) is 43.4 Å². The molecule has 140 valence electrons. The van der Waals surface area contributed by atoms with Gasteiger partial charge in [-0.3, -0.25) is 4.90 Å². The van der Waals surface area contributed by atoms with Gasteiger partial charge >= 0.3 is 0 Å². The molecule has 1 heterocycles. The van der Waals surface area contributed by atoms with E-state index in [1.807, 2.05) is 0 Å². The first-order chi connectivity index (χ1) is 12.7. The van der Waals surface area contributed by atoms with E-state index in [0.717, 1.165) is 19.6 Å². The molecule has 2 heteroatoms. The van der Waals surface area contributed by atoms with Crippen molar-refractivity contribution in [2.45, 2.75) is 46.2 Å². The average Bonchev–Trinajstić information content (AvgIpc) is 3.14. The second-order valence-corrected chi connectivity index (χ2v) is 8.16. The topological polar surface area (TPSA) is 6.48 Å². The van der Waals surface area contributed by atoms with Crippen LogP contribution in [-0.4, -0.2) is 36.0 Å². The van der Waals surface area contributed by atoms with Crippen molar-refractivity contribution >= 4 is 0 Å². The largest absolute Gasteiger partial charge is 0.302 e. The van der Waals surface area contributed by atoms with Crippen LogP contribution in [-0.2, 0) is 19.5 Å². The molecule has 1 fully saturated rings. The van der Waals surface area contributed by atoms with Crippen molar-refractivity contribution in [3.63, 3.8) is 0 Å². The van der Waals surface area contributed by atoms with E-state index in [4.69, 9.17) is 0 Å². The van der Waals surface area contributed by atoms with E-state index in [0.29, 0.717) is 5.92 Å². The lowest BCUT2D eigenvalue weighted by atomic mass is 10.0. The van der Waals surface area contributed by atoms with E-state index in [2.05, 4.69) is 78.2 Å². The van der Waals surface area contributed by atoms with Crippen molar-refractivity contribution in [1.82, 2.24) is 9.80 Å². The highest BCUT2D eigenvalue weighted by atomic mass is 15.2. The third-order valence-electron chi connectivity index (χ3n) is 5.22. The van der Waals surface area contributed by atoms with Crippen LogP contribution in [0.2, 0.25) is 0 Å². The summed E-state index contributed by atoms with van der Waals surface area (Å²) in [5.41, 5.74) is 4.32. The second kappa shape index (κ2) is 9.89. The van der Waals surface area contributed by atoms with Gasteiger partial charge in [0.25, 0.3) is 0 Å². The molecule has 2 aromatic carbocycles. The Morgan fingerprint density at radius 1 is 0.846 bits per heavy atom. The molecule has 2 nitrogen and oxygen atoms in total. The Kier molecular flexibility index (Phi) is 7.28. The van der Waals surface area contributed by atoms with Crippen molar-refractivity contribution in [2.75, 3.05) is 26.2 Å². The third kappa shape index (κ3) is 6.26. The summed E-state index contributed by atoms with van der Waals surface area (Å²) in [5.74, 6) is 0.709. The predicted octanol–water partition coefficient (Wildman–Crippen LogP) is 4.98. The van der Waals surface area contributed by atoms with Gasteiger partial charge in [-0.05, 0) is 55.0 Å². The summed E-state index contributed by atoms with van der Waals surface area (Å²) in [6, 6.07) is 20.1. The van der Waals surface area contributed by atoms with E-state index in [9.17, 15) is 0 Å². The molecule has 1 saturated heterocycles. The zero-order valence-corrected chi connectivity index (χ0v) is 16.5. The normalized spacial score (nSPS) is 15.2. The van der Waals surface area contributed by atoms with E-state index < -0.39 is 0 Å². The molecule has 3 rings (SSSR count). The fourth-order valence-corrected chi connectivity index (χ4v) is 3.93. The Bertz CT molecular complexity index is 644. The first-order valence-electron chi connectivity index (χ1n) is 10.3. The number of hydrogen-bond acceptors (Lipinski definition) is 2. The lowest BCUT2D eigenvalue weighted by Crippen LogP contribution is -2.33. The van der Waals surface area contributed by atoms with Gasteiger partial charge in [0.2, 0.25) is 0 Å². The monoisotopic (exact) mass is 350 g/mol. The molecule has 0 radical (unpaired) electrons. The molecule has 1 aliphatic rings. The highest BCUT2D eigenvalue weighted by molar-refractivity contribution is 5.24. The van der Waals surface area contributed by atoms with E-state index in [1.165, 1.54) is 55.6 Å². The fourth-order valence-electron chi connectivity index (χ4n) is 3.93. The molecule has 0 aliphatic carbocycles. The molecule has 0 aromatic heterocycles. The van der Waals surface area contributed by atoms with Crippen LogP contribution in [0.3, 0.4) is 0 Å². The molecule has 0 amide bonds. The van der Waals surface area contributed by atoms with Gasteiger partial charge in [0, 0.05) is 26.2 Å². The van der Waals surface area contributed by atoms with Gasteiger partial charge in [-0.1, -0.05) is 68.4 Å². The predicted molar refractivity (Wildman–Crippen MR) is 111 cm³/mol. The first-order valence-corrected chi connectivity index (χ1v) is 10.3. The Morgan fingerprint density at radius 3 is 2.23 bits per heavy atom. The summed E-state index contributed by atoms with van der Waals surface area (Å²) in [6.45, 7) is 11.6. The molecular formula is C24H34N2. The molecule has 0 spiro atoms.